The average Bonchev–Trinajstić information content (AvgIpc) is 2.89. The Hall–Kier alpha value is -2.01. The summed E-state index contributed by atoms with van der Waals surface area (Å²) in [6.07, 6.45) is 0. The van der Waals surface area contributed by atoms with E-state index >= 15 is 0 Å². The number of halogens is 1. The van der Waals surface area contributed by atoms with Gasteiger partial charge in [-0.3, -0.25) is 0 Å². The van der Waals surface area contributed by atoms with Gasteiger partial charge in [-0.25, -0.2) is 4.79 Å². The van der Waals surface area contributed by atoms with Crippen molar-refractivity contribution >= 4 is 39.7 Å². The molecule has 0 unspecified atom stereocenters. The molecule has 6 heteroatoms. The first-order valence-electron chi connectivity index (χ1n) is 10.0. The van der Waals surface area contributed by atoms with Gasteiger partial charge in [-0.2, -0.15) is 0 Å². The van der Waals surface area contributed by atoms with Gasteiger partial charge < -0.3 is 8.97 Å². The van der Waals surface area contributed by atoms with E-state index in [9.17, 15) is 4.79 Å². The number of hydrogen-bond acceptors (Lipinski definition) is 3. The first kappa shape index (κ1) is 21.7. The van der Waals surface area contributed by atoms with Gasteiger partial charge in [-0.1, -0.05) is 67.8 Å². The van der Waals surface area contributed by atoms with Gasteiger partial charge >= 0.3 is 5.97 Å². The summed E-state index contributed by atoms with van der Waals surface area (Å²) in [6.45, 7) is 11.7. The van der Waals surface area contributed by atoms with Crippen molar-refractivity contribution in [3.05, 3.63) is 64.2 Å². The highest BCUT2D eigenvalue weighted by Crippen LogP contribution is 2.45. The zero-order valence-corrected chi connectivity index (χ0v) is 20.6. The molecule has 0 spiro atoms. The monoisotopic (exact) mass is 441 g/mol. The number of carbonyl (C=O) groups excluding carboxylic acids is 1. The van der Waals surface area contributed by atoms with Crippen molar-refractivity contribution in [3.63, 3.8) is 0 Å². The van der Waals surface area contributed by atoms with Gasteiger partial charge in [0, 0.05) is 11.1 Å². The predicted octanol–water partition coefficient (Wildman–Crippen LogP) is 6.15. The van der Waals surface area contributed by atoms with Crippen LogP contribution in [0.2, 0.25) is 43.3 Å². The van der Waals surface area contributed by atoms with Crippen LogP contribution in [0.25, 0.3) is 0 Å². The third-order valence-electron chi connectivity index (χ3n) is 5.47. The molecular weight excluding hydrogens is 414 g/mol. The van der Waals surface area contributed by atoms with E-state index in [0.717, 1.165) is 16.8 Å². The number of ether oxygens (including phenoxy) is 1. The van der Waals surface area contributed by atoms with Gasteiger partial charge in [0.25, 0.3) is 0 Å². The minimum absolute atomic E-state index is 0.329. The van der Waals surface area contributed by atoms with Crippen molar-refractivity contribution < 1.29 is 9.53 Å². The van der Waals surface area contributed by atoms with E-state index in [1.165, 1.54) is 12.1 Å². The molecule has 3 nitrogen and oxygen atoms in total. The Labute approximate surface area is 181 Å². The highest BCUT2D eigenvalue weighted by atomic mass is 35.5. The lowest BCUT2D eigenvalue weighted by atomic mass is 10.1. The molecular formula is C23H28ClNO2Si2. The fraction of sp³-hybridized carbons (Fsp3) is 0.348. The van der Waals surface area contributed by atoms with E-state index < -0.39 is 16.5 Å². The van der Waals surface area contributed by atoms with Crippen molar-refractivity contribution in [3.8, 4) is 11.8 Å². The second-order valence-corrected chi connectivity index (χ2v) is 18.6. The maximum Gasteiger partial charge on any atom is 0.338 e. The van der Waals surface area contributed by atoms with Crippen LogP contribution in [0.15, 0.2) is 42.5 Å². The van der Waals surface area contributed by atoms with Gasteiger partial charge in [0.2, 0.25) is 0 Å². The second-order valence-electron chi connectivity index (χ2n) is 8.65. The summed E-state index contributed by atoms with van der Waals surface area (Å²) in [7, 11) is -3.30. The largest absolute Gasteiger partial charge is 0.462 e. The van der Waals surface area contributed by atoms with Gasteiger partial charge in [0.15, 0.2) is 0 Å². The Bertz CT molecular complexity index is 962. The van der Waals surface area contributed by atoms with Crippen LogP contribution in [-0.2, 0) is 4.74 Å². The molecule has 1 aliphatic heterocycles. The molecule has 0 atom stereocenters. The fourth-order valence-corrected chi connectivity index (χ4v) is 18.9. The fourth-order valence-electron chi connectivity index (χ4n) is 4.17. The van der Waals surface area contributed by atoms with Gasteiger partial charge in [0.05, 0.1) is 22.9 Å². The van der Waals surface area contributed by atoms with Crippen LogP contribution >= 0.6 is 11.6 Å². The maximum absolute atomic E-state index is 12.4. The van der Waals surface area contributed by atoms with Crippen LogP contribution < -0.4 is 4.23 Å². The maximum atomic E-state index is 12.4. The molecule has 1 aliphatic rings. The van der Waals surface area contributed by atoms with E-state index in [-0.39, 0.29) is 5.97 Å². The molecule has 0 N–H and O–H groups in total. The zero-order valence-electron chi connectivity index (χ0n) is 17.8. The molecule has 1 fully saturated rings. The van der Waals surface area contributed by atoms with Crippen LogP contribution in [-0.4, -0.2) is 29.0 Å². The first-order valence-corrected chi connectivity index (χ1v) is 16.7. The minimum Gasteiger partial charge on any atom is -0.462 e. The highest BCUT2D eigenvalue weighted by Gasteiger charge is 2.48. The standard InChI is InChI=1S/C23H28ClNO2Si2/c1-6-27-23(26)20-16-19(13-12-18-10-8-7-9-11-18)22(21(24)17-20)25-28(2,3)14-15-29(25,4)5/h7-11,16-17H,6,14-15H2,1-5H3. The van der Waals surface area contributed by atoms with E-state index in [1.54, 1.807) is 13.0 Å². The number of rotatable bonds is 3. The van der Waals surface area contributed by atoms with Crippen LogP contribution in [0.1, 0.15) is 28.4 Å². The minimum atomic E-state index is -1.65. The number of benzene rings is 2. The average molecular weight is 442 g/mol. The molecule has 1 heterocycles. The Morgan fingerprint density at radius 1 is 1.07 bits per heavy atom. The topological polar surface area (TPSA) is 29.5 Å². The molecule has 152 valence electrons. The van der Waals surface area contributed by atoms with Crippen molar-refractivity contribution in [2.24, 2.45) is 0 Å². The lowest BCUT2D eigenvalue weighted by molar-refractivity contribution is 0.0526. The van der Waals surface area contributed by atoms with Gasteiger partial charge in [-0.05, 0) is 43.3 Å². The quantitative estimate of drug-likeness (QED) is 0.325. The third-order valence-corrected chi connectivity index (χ3v) is 15.7. The van der Waals surface area contributed by atoms with Crippen LogP contribution in [0.5, 0.6) is 0 Å². The predicted molar refractivity (Wildman–Crippen MR) is 127 cm³/mol. The second kappa shape index (κ2) is 8.39. The van der Waals surface area contributed by atoms with Crippen molar-refractivity contribution in [1.82, 2.24) is 0 Å². The number of anilines is 1. The normalized spacial score (nSPS) is 16.8. The summed E-state index contributed by atoms with van der Waals surface area (Å²) >= 11 is 6.82. The molecule has 0 radical (unpaired) electrons. The van der Waals surface area contributed by atoms with Crippen LogP contribution in [0.4, 0.5) is 5.69 Å². The van der Waals surface area contributed by atoms with E-state index in [0.29, 0.717) is 17.2 Å². The molecule has 0 aromatic heterocycles. The van der Waals surface area contributed by atoms with Crippen molar-refractivity contribution in [2.45, 2.75) is 45.2 Å². The summed E-state index contributed by atoms with van der Waals surface area (Å²) in [5, 5.41) is 0.593. The lowest BCUT2D eigenvalue weighted by Crippen LogP contribution is -2.55. The molecule has 1 saturated heterocycles. The summed E-state index contributed by atoms with van der Waals surface area (Å²) in [6, 6.07) is 16.0. The summed E-state index contributed by atoms with van der Waals surface area (Å²) in [5.74, 6) is 6.21. The number of carbonyl (C=O) groups is 1. The Morgan fingerprint density at radius 2 is 1.69 bits per heavy atom. The van der Waals surface area contributed by atoms with E-state index in [2.05, 4.69) is 42.3 Å². The number of nitrogens with zero attached hydrogens (tertiary/aromatic N) is 1. The summed E-state index contributed by atoms with van der Waals surface area (Å²) < 4.78 is 7.85. The first-order chi connectivity index (χ1) is 13.7. The Kier molecular flexibility index (Phi) is 6.28. The summed E-state index contributed by atoms with van der Waals surface area (Å²) in [5.41, 5.74) is 3.21. The smallest absolute Gasteiger partial charge is 0.338 e. The molecule has 2 aromatic carbocycles. The third kappa shape index (κ3) is 4.61. The molecule has 0 bridgehead atoms. The number of esters is 1. The molecule has 0 saturated carbocycles. The van der Waals surface area contributed by atoms with E-state index in [1.807, 2.05) is 36.4 Å². The van der Waals surface area contributed by atoms with Crippen LogP contribution in [0.3, 0.4) is 0 Å². The highest BCUT2D eigenvalue weighted by molar-refractivity contribution is 7.04. The molecule has 29 heavy (non-hydrogen) atoms. The Balaban J connectivity index is 2.19. The van der Waals surface area contributed by atoms with Gasteiger partial charge in [0.1, 0.15) is 16.5 Å². The van der Waals surface area contributed by atoms with Crippen molar-refractivity contribution in [2.75, 3.05) is 10.8 Å². The van der Waals surface area contributed by atoms with Crippen molar-refractivity contribution in [1.29, 1.82) is 0 Å². The lowest BCUT2D eigenvalue weighted by Gasteiger charge is -2.42. The van der Waals surface area contributed by atoms with Crippen LogP contribution in [0, 0.1) is 11.8 Å². The SMILES string of the molecule is CCOC(=O)c1cc(Cl)c(N2[Si](C)(C)CC[Si]2(C)C)c(C#Cc2ccccc2)c1. The molecule has 2 aromatic rings. The van der Waals surface area contributed by atoms with Gasteiger partial charge in [-0.15, -0.1) is 0 Å². The zero-order chi connectivity index (χ0) is 21.2. The van der Waals surface area contributed by atoms with E-state index in [4.69, 9.17) is 16.3 Å². The Morgan fingerprint density at radius 3 is 2.28 bits per heavy atom. The molecule has 3 rings (SSSR count). The number of hydrogen-bond donors (Lipinski definition) is 0. The summed E-state index contributed by atoms with van der Waals surface area (Å²) in [4.78, 5) is 12.4. The molecule has 0 aliphatic carbocycles. The molecule has 0 amide bonds.